The maximum atomic E-state index is 13.6. The fourth-order valence-corrected chi connectivity index (χ4v) is 3.22. The summed E-state index contributed by atoms with van der Waals surface area (Å²) in [7, 11) is -0.740. The van der Waals surface area contributed by atoms with Crippen LogP contribution in [0.2, 0.25) is 0 Å². The van der Waals surface area contributed by atoms with Crippen molar-refractivity contribution in [2.45, 2.75) is 20.0 Å². The van der Waals surface area contributed by atoms with E-state index in [0.717, 1.165) is 5.69 Å². The first kappa shape index (κ1) is 13.5. The van der Waals surface area contributed by atoms with Gasteiger partial charge in [-0.2, -0.15) is 0 Å². The van der Waals surface area contributed by atoms with E-state index in [4.69, 9.17) is 0 Å². The second kappa shape index (κ2) is 5.36. The Balaban J connectivity index is 2.36. The Kier molecular flexibility index (Phi) is 4.02. The van der Waals surface area contributed by atoms with E-state index in [-0.39, 0.29) is 5.82 Å². The van der Waals surface area contributed by atoms with Crippen LogP contribution in [0.15, 0.2) is 12.1 Å². The van der Waals surface area contributed by atoms with Gasteiger partial charge in [0.2, 0.25) is 0 Å². The van der Waals surface area contributed by atoms with Crippen LogP contribution in [0, 0.1) is 12.7 Å². The number of aliphatic hydroxyl groups is 1. The normalized spacial score (nSPS) is 19.0. The molecule has 0 saturated carbocycles. The molecule has 1 aliphatic rings. The number of aliphatic hydroxyl groups excluding tert-OH is 1. The van der Waals surface area contributed by atoms with Gasteiger partial charge in [-0.1, -0.05) is 0 Å². The molecule has 1 fully saturated rings. The van der Waals surface area contributed by atoms with Crippen LogP contribution in [0.5, 0.6) is 0 Å². The van der Waals surface area contributed by atoms with E-state index in [1.807, 2.05) is 0 Å². The molecule has 2 rings (SSSR count). The van der Waals surface area contributed by atoms with Gasteiger partial charge in [-0.15, -0.1) is 0 Å². The summed E-state index contributed by atoms with van der Waals surface area (Å²) in [5, 5.41) is 9.75. The molecule has 1 heterocycles. The SMILES string of the molecule is Cc1cc(N2CCS(=O)CC2)c([C@H](C)O)cc1F. The monoisotopic (exact) mass is 271 g/mol. The second-order valence-corrected chi connectivity index (χ2v) is 6.37. The Morgan fingerprint density at radius 1 is 1.39 bits per heavy atom. The standard InChI is InChI=1S/C13H18FNO2S/c1-9-7-13(11(10(2)16)8-12(9)14)15-3-5-18(17)6-4-15/h7-8,10,16H,3-6H2,1-2H3/t10-/m0/s1. The van der Waals surface area contributed by atoms with Crippen LogP contribution in [0.4, 0.5) is 10.1 Å². The Morgan fingerprint density at radius 2 is 2.00 bits per heavy atom. The first-order valence-electron chi connectivity index (χ1n) is 6.07. The minimum atomic E-state index is -0.740. The molecule has 0 aromatic heterocycles. The molecule has 3 nitrogen and oxygen atoms in total. The molecule has 1 atom stereocenters. The molecular formula is C13H18FNO2S. The summed E-state index contributed by atoms with van der Waals surface area (Å²) >= 11 is 0. The third-order valence-corrected chi connectivity index (χ3v) is 4.55. The van der Waals surface area contributed by atoms with Crippen molar-refractivity contribution in [1.29, 1.82) is 0 Å². The lowest BCUT2D eigenvalue weighted by atomic mass is 10.0. The van der Waals surface area contributed by atoms with E-state index in [9.17, 15) is 13.7 Å². The lowest BCUT2D eigenvalue weighted by molar-refractivity contribution is 0.199. The van der Waals surface area contributed by atoms with Gasteiger partial charge in [0, 0.05) is 46.6 Å². The molecule has 1 aromatic carbocycles. The van der Waals surface area contributed by atoms with Gasteiger partial charge in [0.1, 0.15) is 5.82 Å². The smallest absolute Gasteiger partial charge is 0.126 e. The van der Waals surface area contributed by atoms with Gasteiger partial charge in [-0.3, -0.25) is 4.21 Å². The highest BCUT2D eigenvalue weighted by molar-refractivity contribution is 7.85. The summed E-state index contributed by atoms with van der Waals surface area (Å²) in [6, 6.07) is 3.17. The number of anilines is 1. The highest BCUT2D eigenvalue weighted by Crippen LogP contribution is 2.30. The van der Waals surface area contributed by atoms with Crippen molar-refractivity contribution in [3.63, 3.8) is 0 Å². The van der Waals surface area contributed by atoms with Crippen molar-refractivity contribution >= 4 is 16.5 Å². The molecule has 0 unspecified atom stereocenters. The van der Waals surface area contributed by atoms with Gasteiger partial charge in [-0.25, -0.2) is 4.39 Å². The van der Waals surface area contributed by atoms with Crippen molar-refractivity contribution in [2.75, 3.05) is 29.5 Å². The second-order valence-electron chi connectivity index (χ2n) is 4.67. The zero-order valence-corrected chi connectivity index (χ0v) is 11.5. The topological polar surface area (TPSA) is 40.5 Å². The summed E-state index contributed by atoms with van der Waals surface area (Å²) in [6.07, 6.45) is -0.706. The average molecular weight is 271 g/mol. The van der Waals surface area contributed by atoms with Crippen LogP contribution in [-0.4, -0.2) is 33.9 Å². The first-order valence-corrected chi connectivity index (χ1v) is 7.56. The summed E-state index contributed by atoms with van der Waals surface area (Å²) in [5.41, 5.74) is 2.03. The number of benzene rings is 1. The minimum absolute atomic E-state index is 0.296. The predicted octanol–water partition coefficient (Wildman–Crippen LogP) is 1.76. The zero-order chi connectivity index (χ0) is 13.3. The molecule has 5 heteroatoms. The molecule has 0 amide bonds. The van der Waals surface area contributed by atoms with Crippen molar-refractivity contribution in [3.8, 4) is 0 Å². The van der Waals surface area contributed by atoms with Crippen LogP contribution in [-0.2, 0) is 10.8 Å². The van der Waals surface area contributed by atoms with Crippen LogP contribution in [0.25, 0.3) is 0 Å². The molecule has 1 aromatic rings. The average Bonchev–Trinajstić information content (AvgIpc) is 2.33. The summed E-state index contributed by atoms with van der Waals surface area (Å²) in [4.78, 5) is 2.08. The number of aryl methyl sites for hydroxylation is 1. The van der Waals surface area contributed by atoms with E-state index in [2.05, 4.69) is 4.90 Å². The Hall–Kier alpha value is -0.940. The number of hydrogen-bond acceptors (Lipinski definition) is 3. The van der Waals surface area contributed by atoms with Crippen molar-refractivity contribution in [2.24, 2.45) is 0 Å². The Bertz CT molecular complexity index is 466. The molecule has 0 radical (unpaired) electrons. The first-order chi connectivity index (χ1) is 8.49. The van der Waals surface area contributed by atoms with Crippen LogP contribution >= 0.6 is 0 Å². The molecule has 0 bridgehead atoms. The van der Waals surface area contributed by atoms with E-state index in [0.29, 0.717) is 35.7 Å². The predicted molar refractivity (Wildman–Crippen MR) is 71.9 cm³/mol. The van der Waals surface area contributed by atoms with Crippen LogP contribution < -0.4 is 4.90 Å². The van der Waals surface area contributed by atoms with E-state index in [1.165, 1.54) is 6.07 Å². The fraction of sp³-hybridized carbons (Fsp3) is 0.538. The maximum Gasteiger partial charge on any atom is 0.126 e. The lowest BCUT2D eigenvalue weighted by Gasteiger charge is -2.31. The number of nitrogens with zero attached hydrogens (tertiary/aromatic N) is 1. The van der Waals surface area contributed by atoms with Crippen molar-refractivity contribution < 1.29 is 13.7 Å². The number of halogens is 1. The van der Waals surface area contributed by atoms with Gasteiger partial charge in [0.25, 0.3) is 0 Å². The summed E-state index contributed by atoms with van der Waals surface area (Å²) < 4.78 is 24.9. The third-order valence-electron chi connectivity index (χ3n) is 3.28. The molecule has 0 spiro atoms. The largest absolute Gasteiger partial charge is 0.389 e. The van der Waals surface area contributed by atoms with Crippen LogP contribution in [0.1, 0.15) is 24.2 Å². The molecule has 1 N–H and O–H groups in total. The summed E-state index contributed by atoms with van der Waals surface area (Å²) in [5.74, 6) is 0.973. The zero-order valence-electron chi connectivity index (χ0n) is 10.6. The molecule has 18 heavy (non-hydrogen) atoms. The van der Waals surface area contributed by atoms with Crippen molar-refractivity contribution in [1.82, 2.24) is 0 Å². The fourth-order valence-electron chi connectivity index (χ4n) is 2.17. The number of rotatable bonds is 2. The van der Waals surface area contributed by atoms with Gasteiger partial charge >= 0.3 is 0 Å². The molecule has 1 aliphatic heterocycles. The molecular weight excluding hydrogens is 253 g/mol. The Morgan fingerprint density at radius 3 is 2.56 bits per heavy atom. The van der Waals surface area contributed by atoms with Gasteiger partial charge in [-0.05, 0) is 31.5 Å². The minimum Gasteiger partial charge on any atom is -0.389 e. The highest BCUT2D eigenvalue weighted by Gasteiger charge is 2.21. The van der Waals surface area contributed by atoms with Gasteiger partial charge in [0.15, 0.2) is 0 Å². The van der Waals surface area contributed by atoms with Crippen molar-refractivity contribution in [3.05, 3.63) is 29.1 Å². The molecule has 0 aliphatic carbocycles. The van der Waals surface area contributed by atoms with E-state index in [1.54, 1.807) is 19.9 Å². The quantitative estimate of drug-likeness (QED) is 0.891. The molecule has 100 valence electrons. The maximum absolute atomic E-state index is 13.6. The van der Waals surface area contributed by atoms with Gasteiger partial charge < -0.3 is 10.0 Å². The van der Waals surface area contributed by atoms with Crippen LogP contribution in [0.3, 0.4) is 0 Å². The number of hydrogen-bond donors (Lipinski definition) is 1. The summed E-state index contributed by atoms with van der Waals surface area (Å²) in [6.45, 7) is 4.73. The van der Waals surface area contributed by atoms with E-state index >= 15 is 0 Å². The van der Waals surface area contributed by atoms with Gasteiger partial charge in [0.05, 0.1) is 6.10 Å². The molecule has 1 saturated heterocycles. The third kappa shape index (κ3) is 2.72. The highest BCUT2D eigenvalue weighted by atomic mass is 32.2. The lowest BCUT2D eigenvalue weighted by Crippen LogP contribution is -2.38. The van der Waals surface area contributed by atoms with E-state index < -0.39 is 16.9 Å². The Labute approximate surface area is 109 Å².